The number of rotatable bonds is 5. The monoisotopic (exact) mass is 312 g/mol. The molecule has 3 rings (SSSR count). The first kappa shape index (κ1) is 15.8. The molecule has 0 saturated heterocycles. The lowest BCUT2D eigenvalue weighted by molar-refractivity contribution is 1.37. The highest BCUT2D eigenvalue weighted by Gasteiger charge is 1.93. The van der Waals surface area contributed by atoms with Gasteiger partial charge in [-0.1, -0.05) is 66.8 Å². The third-order valence-electron chi connectivity index (χ3n) is 3.71. The highest BCUT2D eigenvalue weighted by molar-refractivity contribution is 5.79. The number of hydrogen-bond donors (Lipinski definition) is 1. The van der Waals surface area contributed by atoms with Crippen LogP contribution in [-0.2, 0) is 0 Å². The van der Waals surface area contributed by atoms with E-state index in [1.165, 1.54) is 5.56 Å². The largest absolute Gasteiger partial charge is 0.388 e. The third-order valence-corrected chi connectivity index (χ3v) is 3.71. The van der Waals surface area contributed by atoms with Gasteiger partial charge in [-0.05, 0) is 35.9 Å². The fourth-order valence-electron chi connectivity index (χ4n) is 2.38. The van der Waals surface area contributed by atoms with E-state index in [9.17, 15) is 0 Å². The molecular formula is C22H20N2. The molecule has 0 aliphatic carbocycles. The van der Waals surface area contributed by atoms with E-state index in [1.54, 1.807) is 0 Å². The average Bonchev–Trinajstić information content (AvgIpc) is 2.65. The fraction of sp³-hybridized carbons (Fsp3) is 0.0455. The van der Waals surface area contributed by atoms with Crippen molar-refractivity contribution in [1.29, 1.82) is 0 Å². The van der Waals surface area contributed by atoms with Crippen molar-refractivity contribution >= 4 is 28.7 Å². The number of nitrogens with one attached hydrogen (secondary N) is 1. The lowest BCUT2D eigenvalue weighted by Crippen LogP contribution is -1.86. The second-order valence-electron chi connectivity index (χ2n) is 5.40. The zero-order valence-corrected chi connectivity index (χ0v) is 13.7. The molecule has 0 fully saturated rings. The number of hydrogen-bond acceptors (Lipinski definition) is 2. The molecule has 0 unspecified atom stereocenters. The van der Waals surface area contributed by atoms with Crippen molar-refractivity contribution in [3.8, 4) is 0 Å². The van der Waals surface area contributed by atoms with Crippen LogP contribution in [0.25, 0.3) is 23.1 Å². The highest BCUT2D eigenvalue weighted by atomic mass is 14.8. The van der Waals surface area contributed by atoms with Gasteiger partial charge in [-0.15, -0.1) is 0 Å². The Kier molecular flexibility index (Phi) is 5.21. The Hall–Kier alpha value is -3.13. The number of aromatic nitrogens is 1. The molecule has 0 spiro atoms. The van der Waals surface area contributed by atoms with Gasteiger partial charge < -0.3 is 5.32 Å². The molecule has 1 N–H and O–H groups in total. The van der Waals surface area contributed by atoms with E-state index in [0.29, 0.717) is 0 Å². The molecule has 0 amide bonds. The molecule has 2 aromatic carbocycles. The summed E-state index contributed by atoms with van der Waals surface area (Å²) in [4.78, 5) is 4.61. The number of nitrogens with zero attached hydrogens (tertiary/aromatic N) is 1. The minimum absolute atomic E-state index is 0.963. The van der Waals surface area contributed by atoms with Crippen molar-refractivity contribution in [2.24, 2.45) is 0 Å². The molecule has 0 aliphatic rings. The molecule has 24 heavy (non-hydrogen) atoms. The molecular weight excluding hydrogens is 292 g/mol. The number of para-hydroxylation sites is 1. The molecule has 0 bridgehead atoms. The normalized spacial score (nSPS) is 11.9. The Morgan fingerprint density at radius 2 is 1.50 bits per heavy atom. The van der Waals surface area contributed by atoms with E-state index in [4.69, 9.17) is 0 Å². The van der Waals surface area contributed by atoms with Crippen molar-refractivity contribution in [3.05, 3.63) is 96.2 Å². The van der Waals surface area contributed by atoms with Gasteiger partial charge in [0, 0.05) is 18.1 Å². The van der Waals surface area contributed by atoms with Gasteiger partial charge in [-0.3, -0.25) is 0 Å². The van der Waals surface area contributed by atoms with Crippen molar-refractivity contribution < 1.29 is 0 Å². The summed E-state index contributed by atoms with van der Waals surface area (Å²) in [7, 11) is 1.92. The number of pyridine rings is 1. The Balaban J connectivity index is 1.59. The van der Waals surface area contributed by atoms with E-state index in [1.807, 2.05) is 61.7 Å². The molecule has 2 nitrogen and oxygen atoms in total. The van der Waals surface area contributed by atoms with Crippen molar-refractivity contribution in [2.75, 3.05) is 12.4 Å². The lowest BCUT2D eigenvalue weighted by atomic mass is 10.2. The van der Waals surface area contributed by atoms with Crippen LogP contribution in [0.3, 0.4) is 0 Å². The van der Waals surface area contributed by atoms with Gasteiger partial charge in [0.25, 0.3) is 0 Å². The van der Waals surface area contributed by atoms with Gasteiger partial charge in [-0.25, -0.2) is 4.98 Å². The maximum atomic E-state index is 4.61. The van der Waals surface area contributed by atoms with Crippen LogP contribution in [0.2, 0.25) is 0 Å². The number of fused-ring (bicyclic) bond motifs is 1. The molecule has 118 valence electrons. The maximum Gasteiger partial charge on any atom is 0.0709 e. The minimum Gasteiger partial charge on any atom is -0.388 e. The summed E-state index contributed by atoms with van der Waals surface area (Å²) in [5.41, 5.74) is 4.28. The smallest absolute Gasteiger partial charge is 0.0709 e. The van der Waals surface area contributed by atoms with Gasteiger partial charge in [0.15, 0.2) is 0 Å². The highest BCUT2D eigenvalue weighted by Crippen LogP contribution is 2.12. The lowest BCUT2D eigenvalue weighted by Gasteiger charge is -1.98. The van der Waals surface area contributed by atoms with Crippen LogP contribution in [0.4, 0.5) is 5.69 Å². The molecule has 0 atom stereocenters. The molecule has 0 aliphatic heterocycles. The summed E-state index contributed by atoms with van der Waals surface area (Å²) in [6.07, 6.45) is 12.2. The van der Waals surface area contributed by atoms with E-state index in [0.717, 1.165) is 22.3 Å². The Morgan fingerprint density at radius 1 is 0.750 bits per heavy atom. The molecule has 0 radical (unpaired) electrons. The van der Waals surface area contributed by atoms with Crippen molar-refractivity contribution in [3.63, 3.8) is 0 Å². The topological polar surface area (TPSA) is 24.9 Å². The van der Waals surface area contributed by atoms with Gasteiger partial charge in [0.2, 0.25) is 0 Å². The molecule has 1 aromatic heterocycles. The molecule has 1 heterocycles. The average molecular weight is 312 g/mol. The minimum atomic E-state index is 0.963. The first-order chi connectivity index (χ1) is 11.8. The summed E-state index contributed by atoms with van der Waals surface area (Å²) in [6.45, 7) is 0. The molecule has 3 aromatic rings. The van der Waals surface area contributed by atoms with E-state index < -0.39 is 0 Å². The van der Waals surface area contributed by atoms with Crippen LogP contribution >= 0.6 is 0 Å². The fourth-order valence-corrected chi connectivity index (χ4v) is 2.38. The quantitative estimate of drug-likeness (QED) is 0.624. The number of allylic oxidation sites excluding steroid dienone is 4. The maximum absolute atomic E-state index is 4.61. The first-order valence-electron chi connectivity index (χ1n) is 8.00. The predicted octanol–water partition coefficient (Wildman–Crippen LogP) is 5.56. The summed E-state index contributed by atoms with van der Waals surface area (Å²) in [5.74, 6) is 0. The summed E-state index contributed by atoms with van der Waals surface area (Å²) >= 11 is 0. The van der Waals surface area contributed by atoms with Gasteiger partial charge in [0.05, 0.1) is 11.2 Å². The van der Waals surface area contributed by atoms with E-state index in [-0.39, 0.29) is 0 Å². The van der Waals surface area contributed by atoms with Crippen LogP contribution in [0.5, 0.6) is 0 Å². The summed E-state index contributed by atoms with van der Waals surface area (Å²) < 4.78 is 0. The summed E-state index contributed by atoms with van der Waals surface area (Å²) in [5, 5.41) is 4.28. The second-order valence-corrected chi connectivity index (χ2v) is 5.40. The SMILES string of the molecule is CNc1ccc(C=CC=CC=Cc2ccc3ccccc3n2)cc1. The predicted molar refractivity (Wildman–Crippen MR) is 105 cm³/mol. The van der Waals surface area contributed by atoms with Crippen molar-refractivity contribution in [2.45, 2.75) is 0 Å². The first-order valence-corrected chi connectivity index (χ1v) is 8.00. The number of anilines is 1. The van der Waals surface area contributed by atoms with Gasteiger partial charge >= 0.3 is 0 Å². The number of benzene rings is 2. The van der Waals surface area contributed by atoms with Crippen molar-refractivity contribution in [1.82, 2.24) is 4.98 Å². The van der Waals surface area contributed by atoms with Crippen LogP contribution in [0.1, 0.15) is 11.3 Å². The Morgan fingerprint density at radius 3 is 2.29 bits per heavy atom. The zero-order valence-electron chi connectivity index (χ0n) is 13.7. The Bertz CT molecular complexity index is 887. The standard InChI is InChI=1S/C22H20N2/c1-23-20-15-12-18(13-16-20)8-4-2-3-5-10-21-17-14-19-9-6-7-11-22(19)24-21/h2-17,23H,1H3. The van der Waals surface area contributed by atoms with E-state index in [2.05, 4.69) is 52.8 Å². The van der Waals surface area contributed by atoms with Crippen LogP contribution < -0.4 is 5.32 Å². The zero-order chi connectivity index (χ0) is 16.6. The Labute approximate surface area is 142 Å². The van der Waals surface area contributed by atoms with Crippen LogP contribution in [0.15, 0.2) is 85.0 Å². The molecule has 2 heteroatoms. The van der Waals surface area contributed by atoms with Crippen LogP contribution in [-0.4, -0.2) is 12.0 Å². The van der Waals surface area contributed by atoms with Crippen LogP contribution in [0, 0.1) is 0 Å². The molecule has 0 saturated carbocycles. The van der Waals surface area contributed by atoms with E-state index >= 15 is 0 Å². The summed E-state index contributed by atoms with van der Waals surface area (Å²) in [6, 6.07) is 20.6. The van der Waals surface area contributed by atoms with Gasteiger partial charge in [0.1, 0.15) is 0 Å². The second kappa shape index (κ2) is 7.93. The third kappa shape index (κ3) is 4.20. The van der Waals surface area contributed by atoms with Gasteiger partial charge in [-0.2, -0.15) is 0 Å².